The van der Waals surface area contributed by atoms with Crippen LogP contribution in [-0.2, 0) is 16.0 Å². The van der Waals surface area contributed by atoms with Gasteiger partial charge in [0.25, 0.3) is 0 Å². The zero-order valence-electron chi connectivity index (χ0n) is 14.6. The number of halogens is 1. The summed E-state index contributed by atoms with van der Waals surface area (Å²) >= 11 is 5.98. The second kappa shape index (κ2) is 12.6. The van der Waals surface area contributed by atoms with Crippen molar-refractivity contribution < 1.29 is 9.53 Å². The Labute approximate surface area is 149 Å². The van der Waals surface area contributed by atoms with Crippen LogP contribution < -0.4 is 10.6 Å². The quantitative estimate of drug-likeness (QED) is 0.293. The molecule has 0 saturated heterocycles. The minimum absolute atomic E-state index is 0.127. The molecule has 2 N–H and O–H groups in total. The Hall–Kier alpha value is -1.75. The molecule has 134 valence electrons. The lowest BCUT2D eigenvalue weighted by atomic mass is 10.1. The maximum atomic E-state index is 11.0. The third kappa shape index (κ3) is 9.40. The Bertz CT molecular complexity index is 521. The highest BCUT2D eigenvalue weighted by Crippen LogP contribution is 2.10. The fourth-order valence-electron chi connectivity index (χ4n) is 2.30. The highest BCUT2D eigenvalue weighted by atomic mass is 35.5. The molecule has 24 heavy (non-hydrogen) atoms. The van der Waals surface area contributed by atoms with Gasteiger partial charge < -0.3 is 15.4 Å². The molecule has 0 fully saturated rings. The van der Waals surface area contributed by atoms with Crippen LogP contribution in [0.1, 0.15) is 37.7 Å². The summed E-state index contributed by atoms with van der Waals surface area (Å²) in [6.45, 7) is 1.67. The first kappa shape index (κ1) is 20.3. The fraction of sp³-hybridized carbons (Fsp3) is 0.556. The molecule has 0 aromatic heterocycles. The number of aliphatic imine (C=N–C) groups is 1. The number of carbonyl (C=O) groups is 1. The van der Waals surface area contributed by atoms with Crippen LogP contribution >= 0.6 is 11.6 Å². The van der Waals surface area contributed by atoms with E-state index in [9.17, 15) is 4.79 Å². The lowest BCUT2D eigenvalue weighted by molar-refractivity contribution is -0.140. The summed E-state index contributed by atoms with van der Waals surface area (Å²) in [7, 11) is 3.20. The van der Waals surface area contributed by atoms with Gasteiger partial charge in [0.1, 0.15) is 0 Å². The average Bonchev–Trinajstić information content (AvgIpc) is 2.59. The molecule has 0 spiro atoms. The van der Waals surface area contributed by atoms with E-state index in [2.05, 4.69) is 26.4 Å². The Morgan fingerprint density at radius 1 is 1.17 bits per heavy atom. The number of guanidine groups is 1. The van der Waals surface area contributed by atoms with Crippen LogP contribution in [0.25, 0.3) is 0 Å². The average molecular weight is 354 g/mol. The number of esters is 1. The Morgan fingerprint density at radius 2 is 1.92 bits per heavy atom. The molecule has 0 aliphatic heterocycles. The molecule has 0 aliphatic carbocycles. The maximum absolute atomic E-state index is 11.0. The largest absolute Gasteiger partial charge is 0.469 e. The highest BCUT2D eigenvalue weighted by Gasteiger charge is 2.00. The minimum Gasteiger partial charge on any atom is -0.469 e. The van der Waals surface area contributed by atoms with Crippen molar-refractivity contribution in [1.29, 1.82) is 0 Å². The summed E-state index contributed by atoms with van der Waals surface area (Å²) in [5, 5.41) is 7.36. The smallest absolute Gasteiger partial charge is 0.305 e. The molecule has 0 radical (unpaired) electrons. The first-order valence-electron chi connectivity index (χ1n) is 8.41. The lowest BCUT2D eigenvalue weighted by Crippen LogP contribution is -2.38. The molecule has 0 aliphatic rings. The number of nitrogens with zero attached hydrogens (tertiary/aromatic N) is 1. The van der Waals surface area contributed by atoms with Gasteiger partial charge in [0, 0.05) is 31.6 Å². The predicted octanol–water partition coefficient (Wildman–Crippen LogP) is 3.17. The molecule has 0 amide bonds. The Balaban J connectivity index is 2.07. The van der Waals surface area contributed by atoms with E-state index in [1.807, 2.05) is 18.2 Å². The van der Waals surface area contributed by atoms with E-state index < -0.39 is 0 Å². The Kier molecular flexibility index (Phi) is 10.7. The van der Waals surface area contributed by atoms with Gasteiger partial charge in [-0.2, -0.15) is 0 Å². The normalized spacial score (nSPS) is 11.2. The zero-order valence-corrected chi connectivity index (χ0v) is 15.4. The summed E-state index contributed by atoms with van der Waals surface area (Å²) in [4.78, 5) is 15.2. The number of carbonyl (C=O) groups excluding carboxylic acids is 1. The summed E-state index contributed by atoms with van der Waals surface area (Å²) in [5.74, 6) is 0.684. The van der Waals surface area contributed by atoms with Crippen LogP contribution in [0.15, 0.2) is 29.3 Å². The monoisotopic (exact) mass is 353 g/mol. The minimum atomic E-state index is -0.127. The van der Waals surface area contributed by atoms with Gasteiger partial charge in [-0.1, -0.05) is 36.6 Å². The summed E-state index contributed by atoms with van der Waals surface area (Å²) in [6, 6.07) is 7.89. The first-order chi connectivity index (χ1) is 11.7. The third-order valence-electron chi connectivity index (χ3n) is 3.65. The van der Waals surface area contributed by atoms with Crippen LogP contribution in [-0.4, -0.2) is 39.2 Å². The van der Waals surface area contributed by atoms with Crippen molar-refractivity contribution in [2.75, 3.05) is 27.2 Å². The lowest BCUT2D eigenvalue weighted by Gasteiger charge is -2.12. The maximum Gasteiger partial charge on any atom is 0.305 e. The molecule has 5 nitrogen and oxygen atoms in total. The SMILES string of the molecule is CN=C(NCCCCCCC(=O)OC)NCCc1cccc(Cl)c1. The van der Waals surface area contributed by atoms with E-state index in [-0.39, 0.29) is 5.97 Å². The van der Waals surface area contributed by atoms with Gasteiger partial charge in [0.2, 0.25) is 0 Å². The number of nitrogens with one attached hydrogen (secondary N) is 2. The van der Waals surface area contributed by atoms with Crippen LogP contribution in [0.3, 0.4) is 0 Å². The van der Waals surface area contributed by atoms with Gasteiger partial charge >= 0.3 is 5.97 Å². The van der Waals surface area contributed by atoms with Crippen molar-refractivity contribution in [3.63, 3.8) is 0 Å². The number of benzene rings is 1. The van der Waals surface area contributed by atoms with Gasteiger partial charge in [-0.15, -0.1) is 0 Å². The van der Waals surface area contributed by atoms with Crippen molar-refractivity contribution >= 4 is 23.5 Å². The van der Waals surface area contributed by atoms with E-state index in [1.165, 1.54) is 12.7 Å². The fourth-order valence-corrected chi connectivity index (χ4v) is 2.51. The van der Waals surface area contributed by atoms with Crippen molar-refractivity contribution in [2.45, 2.75) is 38.5 Å². The van der Waals surface area contributed by atoms with E-state index in [4.69, 9.17) is 11.6 Å². The van der Waals surface area contributed by atoms with E-state index in [0.29, 0.717) is 6.42 Å². The molecule has 0 atom stereocenters. The van der Waals surface area contributed by atoms with E-state index in [1.54, 1.807) is 7.05 Å². The van der Waals surface area contributed by atoms with Gasteiger partial charge in [0.15, 0.2) is 5.96 Å². The summed E-state index contributed by atoms with van der Waals surface area (Å²) < 4.78 is 4.62. The number of methoxy groups -OCH3 is 1. The molecular weight excluding hydrogens is 326 g/mol. The predicted molar refractivity (Wildman–Crippen MR) is 99.6 cm³/mol. The van der Waals surface area contributed by atoms with Gasteiger partial charge in [-0.25, -0.2) is 0 Å². The molecule has 0 unspecified atom stereocenters. The van der Waals surface area contributed by atoms with Gasteiger partial charge in [0.05, 0.1) is 7.11 Å². The van der Waals surface area contributed by atoms with E-state index in [0.717, 1.165) is 56.2 Å². The third-order valence-corrected chi connectivity index (χ3v) is 3.88. The zero-order chi connectivity index (χ0) is 17.6. The second-order valence-corrected chi connectivity index (χ2v) is 5.98. The molecule has 0 saturated carbocycles. The number of ether oxygens (including phenoxy) is 1. The molecule has 0 heterocycles. The van der Waals surface area contributed by atoms with Crippen LogP contribution in [0.5, 0.6) is 0 Å². The second-order valence-electron chi connectivity index (χ2n) is 5.55. The standard InChI is InChI=1S/C18H28ClN3O2/c1-20-18(21-12-6-4-3-5-10-17(23)24-2)22-13-11-15-8-7-9-16(19)14-15/h7-9,14H,3-6,10-13H2,1-2H3,(H2,20,21,22). The van der Waals surface area contributed by atoms with Crippen LogP contribution in [0, 0.1) is 0 Å². The van der Waals surface area contributed by atoms with Crippen LogP contribution in [0.2, 0.25) is 5.02 Å². The van der Waals surface area contributed by atoms with Crippen LogP contribution in [0.4, 0.5) is 0 Å². The van der Waals surface area contributed by atoms with Crippen molar-refractivity contribution in [3.05, 3.63) is 34.9 Å². The number of unbranched alkanes of at least 4 members (excludes halogenated alkanes) is 3. The number of hydrogen-bond donors (Lipinski definition) is 2. The van der Waals surface area contributed by atoms with Crippen molar-refractivity contribution in [2.24, 2.45) is 4.99 Å². The summed E-state index contributed by atoms with van der Waals surface area (Å²) in [6.07, 6.45) is 5.47. The Morgan fingerprint density at radius 3 is 2.62 bits per heavy atom. The molecule has 1 aromatic carbocycles. The molecule has 1 rings (SSSR count). The number of hydrogen-bond acceptors (Lipinski definition) is 3. The van der Waals surface area contributed by atoms with Gasteiger partial charge in [-0.05, 0) is 37.0 Å². The topological polar surface area (TPSA) is 62.7 Å². The number of rotatable bonds is 10. The first-order valence-corrected chi connectivity index (χ1v) is 8.79. The highest BCUT2D eigenvalue weighted by molar-refractivity contribution is 6.30. The van der Waals surface area contributed by atoms with E-state index >= 15 is 0 Å². The molecule has 0 bridgehead atoms. The molecule has 6 heteroatoms. The summed E-state index contributed by atoms with van der Waals surface area (Å²) in [5.41, 5.74) is 1.20. The molecule has 1 aromatic rings. The van der Waals surface area contributed by atoms with Crippen molar-refractivity contribution in [3.8, 4) is 0 Å². The molecular formula is C18H28ClN3O2. The van der Waals surface area contributed by atoms with Crippen molar-refractivity contribution in [1.82, 2.24) is 10.6 Å². The van der Waals surface area contributed by atoms with Gasteiger partial charge in [-0.3, -0.25) is 9.79 Å².